The first-order chi connectivity index (χ1) is 12.3. The molecule has 0 aliphatic carbocycles. The molecular weight excluding hydrogens is 399 g/mol. The highest BCUT2D eigenvalue weighted by Gasteiger charge is 2.43. The fraction of sp³-hybridized carbons (Fsp3) is 0.158. The summed E-state index contributed by atoms with van der Waals surface area (Å²) in [5.41, 5.74) is 1.69. The van der Waals surface area contributed by atoms with Gasteiger partial charge in [0, 0.05) is 11.1 Å². The van der Waals surface area contributed by atoms with E-state index in [9.17, 15) is 9.59 Å². The fourth-order valence-corrected chi connectivity index (χ4v) is 2.72. The highest BCUT2D eigenvalue weighted by Crippen LogP contribution is 2.39. The van der Waals surface area contributed by atoms with E-state index in [1.165, 1.54) is 0 Å². The molecule has 1 heterocycles. The van der Waals surface area contributed by atoms with E-state index in [0.29, 0.717) is 11.1 Å². The zero-order chi connectivity index (χ0) is 18.9. The Morgan fingerprint density at radius 1 is 0.962 bits per heavy atom. The van der Waals surface area contributed by atoms with Crippen LogP contribution >= 0.6 is 34.8 Å². The molecule has 2 aromatic rings. The van der Waals surface area contributed by atoms with Crippen LogP contribution in [0, 0.1) is 6.92 Å². The smallest absolute Gasteiger partial charge is 0.349 e. The number of hydrogen-bond acceptors (Lipinski definition) is 4. The van der Waals surface area contributed by atoms with Gasteiger partial charge < -0.3 is 9.47 Å². The lowest BCUT2D eigenvalue weighted by Gasteiger charge is -2.28. The van der Waals surface area contributed by atoms with E-state index < -0.39 is 27.4 Å². The number of aryl methyl sites for hydroxylation is 1. The second kappa shape index (κ2) is 7.31. The minimum Gasteiger partial charge on any atom is -0.449 e. The Labute approximate surface area is 165 Å². The molecule has 1 unspecified atom stereocenters. The molecule has 0 amide bonds. The highest BCUT2D eigenvalue weighted by molar-refractivity contribution is 6.78. The molecule has 0 radical (unpaired) electrons. The number of Topliss-reactive ketones (excluding diaryl/α,β-unsaturated/α-hetero) is 1. The van der Waals surface area contributed by atoms with Crippen LogP contribution < -0.4 is 0 Å². The second-order valence-electron chi connectivity index (χ2n) is 5.66. The van der Waals surface area contributed by atoms with Gasteiger partial charge in [0.2, 0.25) is 5.78 Å². The van der Waals surface area contributed by atoms with Crippen LogP contribution in [0.15, 0.2) is 60.2 Å². The van der Waals surface area contributed by atoms with Crippen LogP contribution in [-0.2, 0) is 19.1 Å². The molecule has 4 nitrogen and oxygen atoms in total. The Balaban J connectivity index is 2.12. The fourth-order valence-electron chi connectivity index (χ4n) is 2.44. The van der Waals surface area contributed by atoms with Crippen molar-refractivity contribution in [1.29, 1.82) is 0 Å². The first-order valence-electron chi connectivity index (χ1n) is 7.63. The number of alkyl halides is 3. The van der Waals surface area contributed by atoms with Crippen molar-refractivity contribution >= 4 is 52.3 Å². The maximum atomic E-state index is 12.6. The summed E-state index contributed by atoms with van der Waals surface area (Å²) < 4.78 is 8.79. The number of benzene rings is 2. The predicted octanol–water partition coefficient (Wildman–Crippen LogP) is 4.92. The number of esters is 1. The molecule has 0 saturated carbocycles. The average Bonchev–Trinajstić information content (AvgIpc) is 2.61. The van der Waals surface area contributed by atoms with Crippen molar-refractivity contribution in [3.05, 3.63) is 76.9 Å². The molecule has 0 spiro atoms. The number of halogens is 3. The molecule has 0 saturated heterocycles. The first-order valence-corrected chi connectivity index (χ1v) is 8.76. The third-order valence-electron chi connectivity index (χ3n) is 3.74. The maximum absolute atomic E-state index is 12.6. The third kappa shape index (κ3) is 3.88. The topological polar surface area (TPSA) is 52.6 Å². The molecular formula is C19H13Cl3O4. The molecule has 0 bridgehead atoms. The molecule has 0 aromatic heterocycles. The van der Waals surface area contributed by atoms with E-state index in [-0.39, 0.29) is 5.76 Å². The summed E-state index contributed by atoms with van der Waals surface area (Å²) in [6.07, 6.45) is -1.01. The quantitative estimate of drug-likeness (QED) is 0.409. The summed E-state index contributed by atoms with van der Waals surface area (Å²) in [5.74, 6) is -1.89. The number of carbonyl (C=O) groups is 2. The molecule has 7 heteroatoms. The van der Waals surface area contributed by atoms with Crippen molar-refractivity contribution in [3.8, 4) is 0 Å². The summed E-state index contributed by atoms with van der Waals surface area (Å²) in [4.78, 5) is 25.0. The zero-order valence-electron chi connectivity index (χ0n) is 13.5. The van der Waals surface area contributed by atoms with Crippen molar-refractivity contribution in [2.45, 2.75) is 17.0 Å². The standard InChI is InChI=1S/C19H13Cl3O4/c1-11-7-9-12(10-8-11)15-14(16(23)19(20,21)22)17(24)26-18(25-15)13-5-3-2-4-6-13/h2-10,18H,1H3. The molecule has 1 aliphatic heterocycles. The van der Waals surface area contributed by atoms with Crippen molar-refractivity contribution < 1.29 is 19.1 Å². The normalized spacial score (nSPS) is 17.5. The molecule has 26 heavy (non-hydrogen) atoms. The Hall–Kier alpha value is -2.01. The first kappa shape index (κ1) is 18.8. The van der Waals surface area contributed by atoms with Crippen LogP contribution in [-0.4, -0.2) is 15.5 Å². The van der Waals surface area contributed by atoms with Gasteiger partial charge in [0.25, 0.3) is 10.1 Å². The van der Waals surface area contributed by atoms with Gasteiger partial charge >= 0.3 is 5.97 Å². The summed E-state index contributed by atoms with van der Waals surface area (Å²) in [6, 6.07) is 15.9. The Kier molecular flexibility index (Phi) is 5.28. The Bertz CT molecular complexity index is 868. The number of cyclic esters (lactones) is 1. The van der Waals surface area contributed by atoms with Crippen LogP contribution in [0.5, 0.6) is 0 Å². The van der Waals surface area contributed by atoms with Crippen molar-refractivity contribution in [2.24, 2.45) is 0 Å². The van der Waals surface area contributed by atoms with Crippen LogP contribution in [0.4, 0.5) is 0 Å². The number of ketones is 1. The minimum atomic E-state index is -2.31. The van der Waals surface area contributed by atoms with Crippen LogP contribution in [0.1, 0.15) is 23.0 Å². The lowest BCUT2D eigenvalue weighted by atomic mass is 10.0. The predicted molar refractivity (Wildman–Crippen MR) is 99.8 cm³/mol. The van der Waals surface area contributed by atoms with Crippen LogP contribution in [0.25, 0.3) is 5.76 Å². The van der Waals surface area contributed by atoms with Crippen LogP contribution in [0.2, 0.25) is 0 Å². The van der Waals surface area contributed by atoms with Gasteiger partial charge in [0.1, 0.15) is 11.3 Å². The summed E-state index contributed by atoms with van der Waals surface area (Å²) >= 11 is 17.1. The SMILES string of the molecule is Cc1ccc(C2=C(C(=O)C(Cl)(Cl)Cl)C(=O)OC(c3ccccc3)O2)cc1. The van der Waals surface area contributed by atoms with E-state index in [1.54, 1.807) is 36.4 Å². The van der Waals surface area contributed by atoms with E-state index in [1.807, 2.05) is 25.1 Å². The van der Waals surface area contributed by atoms with Gasteiger partial charge in [-0.25, -0.2) is 4.79 Å². The lowest BCUT2D eigenvalue weighted by Crippen LogP contribution is -2.32. The molecule has 1 atom stereocenters. The molecule has 134 valence electrons. The Morgan fingerprint density at radius 2 is 1.58 bits per heavy atom. The largest absolute Gasteiger partial charge is 0.449 e. The van der Waals surface area contributed by atoms with E-state index in [4.69, 9.17) is 44.3 Å². The molecule has 0 N–H and O–H groups in total. The summed E-state index contributed by atoms with van der Waals surface area (Å²) in [6.45, 7) is 1.91. The van der Waals surface area contributed by atoms with Gasteiger partial charge in [0.15, 0.2) is 0 Å². The third-order valence-corrected chi connectivity index (χ3v) is 4.26. The highest BCUT2D eigenvalue weighted by atomic mass is 35.6. The van der Waals surface area contributed by atoms with Gasteiger partial charge in [0.05, 0.1) is 0 Å². The zero-order valence-corrected chi connectivity index (χ0v) is 15.8. The maximum Gasteiger partial charge on any atom is 0.349 e. The average molecular weight is 412 g/mol. The van der Waals surface area contributed by atoms with Gasteiger partial charge in [-0.2, -0.15) is 0 Å². The molecule has 3 rings (SSSR count). The van der Waals surface area contributed by atoms with Gasteiger partial charge in [-0.3, -0.25) is 4.79 Å². The van der Waals surface area contributed by atoms with Gasteiger partial charge in [-0.15, -0.1) is 0 Å². The van der Waals surface area contributed by atoms with Crippen molar-refractivity contribution in [1.82, 2.24) is 0 Å². The molecule has 2 aromatic carbocycles. The number of hydrogen-bond donors (Lipinski definition) is 0. The van der Waals surface area contributed by atoms with Crippen LogP contribution in [0.3, 0.4) is 0 Å². The van der Waals surface area contributed by atoms with E-state index >= 15 is 0 Å². The number of carbonyl (C=O) groups excluding carboxylic acids is 2. The Morgan fingerprint density at radius 3 is 2.15 bits per heavy atom. The lowest BCUT2D eigenvalue weighted by molar-refractivity contribution is -0.169. The number of rotatable bonds is 3. The monoisotopic (exact) mass is 410 g/mol. The van der Waals surface area contributed by atoms with Gasteiger partial charge in [-0.05, 0) is 6.92 Å². The van der Waals surface area contributed by atoms with Crippen molar-refractivity contribution in [3.63, 3.8) is 0 Å². The van der Waals surface area contributed by atoms with Gasteiger partial charge in [-0.1, -0.05) is 95.0 Å². The molecule has 0 fully saturated rings. The second-order valence-corrected chi connectivity index (χ2v) is 7.94. The summed E-state index contributed by atoms with van der Waals surface area (Å²) in [7, 11) is 0. The minimum absolute atomic E-state index is 0.0198. The van der Waals surface area contributed by atoms with E-state index in [0.717, 1.165) is 5.56 Å². The molecule has 1 aliphatic rings. The van der Waals surface area contributed by atoms with E-state index in [2.05, 4.69) is 0 Å². The summed E-state index contributed by atoms with van der Waals surface area (Å²) in [5, 5.41) is 0. The number of ether oxygens (including phenoxy) is 2. The van der Waals surface area contributed by atoms with Crippen molar-refractivity contribution in [2.75, 3.05) is 0 Å².